The second-order valence-electron chi connectivity index (χ2n) is 6.85. The van der Waals surface area contributed by atoms with Crippen LogP contribution >= 0.6 is 11.8 Å². The summed E-state index contributed by atoms with van der Waals surface area (Å²) in [5, 5.41) is 12.4. The van der Waals surface area contributed by atoms with Crippen molar-refractivity contribution in [1.29, 1.82) is 0 Å². The van der Waals surface area contributed by atoms with E-state index in [1.807, 2.05) is 66.1 Å². The molecule has 0 radical (unpaired) electrons. The number of rotatable bonds is 10. The van der Waals surface area contributed by atoms with Crippen molar-refractivity contribution in [3.05, 3.63) is 78.9 Å². The Balaban J connectivity index is 1.54. The average molecular weight is 407 g/mol. The first-order valence-corrected chi connectivity index (χ1v) is 10.7. The summed E-state index contributed by atoms with van der Waals surface area (Å²) < 4.78 is 1.99. The molecule has 1 atom stereocenters. The largest absolute Gasteiger partial charge is 0.353 e. The predicted molar refractivity (Wildman–Crippen MR) is 119 cm³/mol. The van der Waals surface area contributed by atoms with Gasteiger partial charge in [-0.05, 0) is 25.3 Å². The lowest BCUT2D eigenvalue weighted by Crippen LogP contribution is -2.34. The van der Waals surface area contributed by atoms with Gasteiger partial charge in [0.05, 0.1) is 5.75 Å². The molecule has 0 bridgehead atoms. The Labute approximate surface area is 176 Å². The van der Waals surface area contributed by atoms with E-state index < -0.39 is 0 Å². The zero-order valence-electron chi connectivity index (χ0n) is 16.6. The fraction of sp³-hybridized carbons (Fsp3) is 0.261. The van der Waals surface area contributed by atoms with Gasteiger partial charge in [-0.25, -0.2) is 0 Å². The summed E-state index contributed by atoms with van der Waals surface area (Å²) in [6.07, 6.45) is 3.67. The molecule has 3 aromatic rings. The van der Waals surface area contributed by atoms with Crippen LogP contribution in [-0.4, -0.2) is 32.5 Å². The van der Waals surface area contributed by atoms with Gasteiger partial charge >= 0.3 is 0 Å². The molecule has 5 nitrogen and oxygen atoms in total. The molecule has 0 fully saturated rings. The molecule has 0 spiro atoms. The molecule has 6 heteroatoms. The highest BCUT2D eigenvalue weighted by atomic mass is 32.2. The molecule has 3 rings (SSSR count). The van der Waals surface area contributed by atoms with E-state index in [2.05, 4.69) is 34.2 Å². The molecule has 150 valence electrons. The van der Waals surface area contributed by atoms with Crippen LogP contribution in [0.4, 0.5) is 0 Å². The minimum absolute atomic E-state index is 0.00461. The molecule has 0 unspecified atom stereocenters. The molecule has 1 amide bonds. The van der Waals surface area contributed by atoms with Crippen LogP contribution in [0.1, 0.15) is 18.9 Å². The minimum atomic E-state index is 0.00461. The highest BCUT2D eigenvalue weighted by molar-refractivity contribution is 7.99. The third kappa shape index (κ3) is 6.06. The van der Waals surface area contributed by atoms with Crippen molar-refractivity contribution in [2.45, 2.75) is 37.5 Å². The fourth-order valence-corrected chi connectivity index (χ4v) is 3.80. The molecule has 0 aliphatic rings. The van der Waals surface area contributed by atoms with Crippen LogP contribution in [0, 0.1) is 0 Å². The topological polar surface area (TPSA) is 59.8 Å². The third-order valence-corrected chi connectivity index (χ3v) is 5.48. The number of carbonyl (C=O) groups excluding carboxylic acids is 1. The highest BCUT2D eigenvalue weighted by Gasteiger charge is 2.15. The summed E-state index contributed by atoms with van der Waals surface area (Å²) in [5.41, 5.74) is 2.28. The second-order valence-corrected chi connectivity index (χ2v) is 7.80. The van der Waals surface area contributed by atoms with Gasteiger partial charge in [0.2, 0.25) is 5.91 Å². The van der Waals surface area contributed by atoms with Crippen LogP contribution in [0.25, 0.3) is 11.4 Å². The molecule has 0 saturated heterocycles. The lowest BCUT2D eigenvalue weighted by molar-refractivity contribution is -0.119. The smallest absolute Gasteiger partial charge is 0.230 e. The lowest BCUT2D eigenvalue weighted by Gasteiger charge is -2.14. The third-order valence-electron chi connectivity index (χ3n) is 4.51. The van der Waals surface area contributed by atoms with Crippen molar-refractivity contribution in [1.82, 2.24) is 20.1 Å². The summed E-state index contributed by atoms with van der Waals surface area (Å²) >= 11 is 1.40. The van der Waals surface area contributed by atoms with Crippen molar-refractivity contribution in [3.63, 3.8) is 0 Å². The number of benzene rings is 2. The summed E-state index contributed by atoms with van der Waals surface area (Å²) in [5.74, 6) is 1.09. The Morgan fingerprint density at radius 2 is 1.83 bits per heavy atom. The van der Waals surface area contributed by atoms with Gasteiger partial charge in [-0.1, -0.05) is 78.5 Å². The van der Waals surface area contributed by atoms with Gasteiger partial charge in [0.15, 0.2) is 11.0 Å². The zero-order chi connectivity index (χ0) is 20.5. The zero-order valence-corrected chi connectivity index (χ0v) is 17.4. The standard InChI is InChI=1S/C23H26N4OS/c1-3-16-27-22(20-12-8-5-9-13-20)25-26-23(27)29-17-21(28)24-18(2)14-15-19-10-6-4-7-11-19/h3-13,18H,1,14-17H2,2H3,(H,24,28)/t18-/m0/s1. The molecule has 0 saturated carbocycles. The number of nitrogens with one attached hydrogen (secondary N) is 1. The summed E-state index contributed by atoms with van der Waals surface area (Å²) in [6, 6.07) is 20.3. The minimum Gasteiger partial charge on any atom is -0.353 e. The van der Waals surface area contributed by atoms with Crippen LogP contribution in [0.3, 0.4) is 0 Å². The van der Waals surface area contributed by atoms with Crippen molar-refractivity contribution < 1.29 is 4.79 Å². The van der Waals surface area contributed by atoms with E-state index in [4.69, 9.17) is 0 Å². The molecule has 0 aliphatic carbocycles. The molecular formula is C23H26N4OS. The first-order chi connectivity index (χ1) is 14.2. The van der Waals surface area contributed by atoms with E-state index in [-0.39, 0.29) is 11.9 Å². The Hall–Kier alpha value is -2.86. The summed E-state index contributed by atoms with van der Waals surface area (Å²) in [4.78, 5) is 12.4. The molecule has 29 heavy (non-hydrogen) atoms. The lowest BCUT2D eigenvalue weighted by atomic mass is 10.1. The first kappa shape index (κ1) is 20.9. The number of aromatic nitrogens is 3. The van der Waals surface area contributed by atoms with Crippen molar-refractivity contribution in [2.75, 3.05) is 5.75 Å². The van der Waals surface area contributed by atoms with Crippen LogP contribution < -0.4 is 5.32 Å². The predicted octanol–water partition coefficient (Wildman–Crippen LogP) is 4.36. The molecule has 2 aromatic carbocycles. The van der Waals surface area contributed by atoms with E-state index in [9.17, 15) is 4.79 Å². The Morgan fingerprint density at radius 3 is 2.52 bits per heavy atom. The Morgan fingerprint density at radius 1 is 1.14 bits per heavy atom. The monoisotopic (exact) mass is 406 g/mol. The van der Waals surface area contributed by atoms with Crippen molar-refractivity contribution in [3.8, 4) is 11.4 Å². The van der Waals surface area contributed by atoms with Crippen LogP contribution in [0.5, 0.6) is 0 Å². The van der Waals surface area contributed by atoms with Gasteiger partial charge in [-0.3, -0.25) is 9.36 Å². The van der Waals surface area contributed by atoms with Gasteiger partial charge in [0.25, 0.3) is 0 Å². The van der Waals surface area contributed by atoms with Gasteiger partial charge < -0.3 is 5.32 Å². The normalized spacial score (nSPS) is 11.8. The Bertz CT molecular complexity index is 925. The number of thioether (sulfide) groups is 1. The number of hydrogen-bond acceptors (Lipinski definition) is 4. The van der Waals surface area contributed by atoms with Crippen LogP contribution in [0.2, 0.25) is 0 Å². The van der Waals surface area contributed by atoms with Gasteiger partial charge in [-0.15, -0.1) is 16.8 Å². The quantitative estimate of drug-likeness (QED) is 0.401. The number of aryl methyl sites for hydroxylation is 1. The van der Waals surface area contributed by atoms with Crippen LogP contribution in [-0.2, 0) is 17.8 Å². The van der Waals surface area contributed by atoms with E-state index >= 15 is 0 Å². The molecular weight excluding hydrogens is 380 g/mol. The first-order valence-electron chi connectivity index (χ1n) is 9.73. The maximum Gasteiger partial charge on any atom is 0.230 e. The SMILES string of the molecule is C=CCn1c(SCC(=O)N[C@@H](C)CCc2ccccc2)nnc1-c1ccccc1. The maximum atomic E-state index is 12.4. The highest BCUT2D eigenvalue weighted by Crippen LogP contribution is 2.23. The molecule has 1 aromatic heterocycles. The fourth-order valence-electron chi connectivity index (χ4n) is 3.04. The average Bonchev–Trinajstić information content (AvgIpc) is 3.15. The molecule has 0 aliphatic heterocycles. The number of hydrogen-bond donors (Lipinski definition) is 1. The van der Waals surface area contributed by atoms with Gasteiger partial charge in [-0.2, -0.15) is 0 Å². The number of amides is 1. The van der Waals surface area contributed by atoms with E-state index in [0.29, 0.717) is 12.3 Å². The maximum absolute atomic E-state index is 12.4. The number of nitrogens with zero attached hydrogens (tertiary/aromatic N) is 3. The van der Waals surface area contributed by atoms with Crippen molar-refractivity contribution >= 4 is 17.7 Å². The Kier molecular flexibility index (Phi) is 7.64. The van der Waals surface area contributed by atoms with Crippen molar-refractivity contribution in [2.24, 2.45) is 0 Å². The second kappa shape index (κ2) is 10.6. The van der Waals surface area contributed by atoms with Crippen LogP contribution in [0.15, 0.2) is 78.5 Å². The van der Waals surface area contributed by atoms with E-state index in [1.54, 1.807) is 0 Å². The molecule has 1 heterocycles. The number of allylic oxidation sites excluding steroid dienone is 1. The van der Waals surface area contributed by atoms with E-state index in [0.717, 1.165) is 29.4 Å². The van der Waals surface area contributed by atoms with Gasteiger partial charge in [0, 0.05) is 18.2 Å². The molecule has 1 N–H and O–H groups in total. The van der Waals surface area contributed by atoms with E-state index in [1.165, 1.54) is 17.3 Å². The van der Waals surface area contributed by atoms with Gasteiger partial charge in [0.1, 0.15) is 0 Å². The summed E-state index contributed by atoms with van der Waals surface area (Å²) in [6.45, 7) is 6.46. The summed E-state index contributed by atoms with van der Waals surface area (Å²) in [7, 11) is 0. The number of carbonyl (C=O) groups is 1.